The molecule has 0 aliphatic carbocycles. The fraction of sp³-hybridized carbons (Fsp3) is 0.208. The number of hydrogen-bond donors (Lipinski definition) is 0. The summed E-state index contributed by atoms with van der Waals surface area (Å²) in [6.45, 7) is 23.0. The first kappa shape index (κ1) is 35.7. The smallest absolute Gasteiger partial charge is 0.309 e. The van der Waals surface area contributed by atoms with Gasteiger partial charge >= 0.3 is 6.18 Å². The number of benzene rings is 6. The molecule has 2 aromatic heterocycles. The number of nitrogens with zero attached hydrogens (tertiary/aromatic N) is 4. The van der Waals surface area contributed by atoms with Crippen LogP contribution in [0.2, 0.25) is 0 Å². The molecule has 0 aliphatic heterocycles. The van der Waals surface area contributed by atoms with Crippen LogP contribution >= 0.6 is 0 Å². The van der Waals surface area contributed by atoms with Crippen LogP contribution in [0, 0.1) is 24.8 Å². The molecule has 0 saturated carbocycles. The molecule has 0 unspecified atom stereocenters. The van der Waals surface area contributed by atoms with Crippen LogP contribution in [0.1, 0.15) is 69.4 Å². The maximum absolute atomic E-state index is 15.1. The van der Waals surface area contributed by atoms with E-state index in [9.17, 15) is 5.26 Å². The van der Waals surface area contributed by atoms with Gasteiger partial charge in [0.1, 0.15) is 6.07 Å². The highest BCUT2D eigenvalue weighted by molar-refractivity contribution is 6.12. The topological polar surface area (TPSA) is 38.0 Å². The van der Waals surface area contributed by atoms with Crippen LogP contribution in [-0.4, -0.2) is 9.13 Å². The zero-order chi connectivity index (χ0) is 39.2. The quantitative estimate of drug-likeness (QED) is 0.167. The van der Waals surface area contributed by atoms with Crippen LogP contribution in [0.5, 0.6) is 0 Å². The minimum Gasteiger partial charge on any atom is -0.309 e. The van der Waals surface area contributed by atoms with Gasteiger partial charge in [-0.3, -0.25) is 0 Å². The van der Waals surface area contributed by atoms with Crippen molar-refractivity contribution in [1.82, 2.24) is 9.13 Å². The van der Waals surface area contributed by atoms with Gasteiger partial charge in [0.2, 0.25) is 0 Å². The van der Waals surface area contributed by atoms with Gasteiger partial charge in [-0.25, -0.2) is 4.85 Å². The van der Waals surface area contributed by atoms with Crippen LogP contribution in [0.15, 0.2) is 109 Å². The van der Waals surface area contributed by atoms with Crippen LogP contribution in [0.3, 0.4) is 0 Å². The maximum atomic E-state index is 15.1. The lowest BCUT2D eigenvalue weighted by Gasteiger charge is -2.22. The molecule has 0 fully saturated rings. The van der Waals surface area contributed by atoms with Gasteiger partial charge < -0.3 is 9.13 Å². The maximum Gasteiger partial charge on any atom is 0.415 e. The van der Waals surface area contributed by atoms with Crippen molar-refractivity contribution in [2.75, 3.05) is 0 Å². The van der Waals surface area contributed by atoms with Crippen molar-refractivity contribution in [3.63, 3.8) is 0 Å². The molecule has 2 heterocycles. The molecule has 8 rings (SSSR count). The molecule has 0 saturated heterocycles. The molecular formula is C48H39F3N4. The molecular weight excluding hydrogens is 690 g/mol. The zero-order valence-electron chi connectivity index (χ0n) is 31.8. The van der Waals surface area contributed by atoms with Crippen molar-refractivity contribution in [3.05, 3.63) is 148 Å². The van der Waals surface area contributed by atoms with Gasteiger partial charge in [0.15, 0.2) is 5.69 Å². The molecule has 0 bridgehead atoms. The average molecular weight is 729 g/mol. The molecule has 0 N–H and O–H groups in total. The highest BCUT2D eigenvalue weighted by Gasteiger charge is 2.36. The van der Waals surface area contributed by atoms with E-state index in [4.69, 9.17) is 6.57 Å². The molecule has 55 heavy (non-hydrogen) atoms. The van der Waals surface area contributed by atoms with Crippen molar-refractivity contribution in [2.45, 2.75) is 65.5 Å². The number of para-hydroxylation sites is 1. The van der Waals surface area contributed by atoms with Gasteiger partial charge in [0.05, 0.1) is 51.1 Å². The Morgan fingerprint density at radius 3 is 1.73 bits per heavy atom. The summed E-state index contributed by atoms with van der Waals surface area (Å²) in [7, 11) is 0. The Bertz CT molecular complexity index is 2970. The summed E-state index contributed by atoms with van der Waals surface area (Å²) in [4.78, 5) is 3.65. The van der Waals surface area contributed by atoms with Crippen molar-refractivity contribution in [1.29, 1.82) is 5.26 Å². The van der Waals surface area contributed by atoms with Gasteiger partial charge in [0, 0.05) is 27.1 Å². The monoisotopic (exact) mass is 728 g/mol. The van der Waals surface area contributed by atoms with Crippen LogP contribution in [0.4, 0.5) is 18.9 Å². The van der Waals surface area contributed by atoms with Crippen molar-refractivity contribution in [2.24, 2.45) is 0 Å². The van der Waals surface area contributed by atoms with Crippen LogP contribution < -0.4 is 0 Å². The number of rotatable bonds is 3. The van der Waals surface area contributed by atoms with Crippen LogP contribution in [-0.2, 0) is 17.0 Å². The van der Waals surface area contributed by atoms with Gasteiger partial charge in [-0.1, -0.05) is 102 Å². The fourth-order valence-corrected chi connectivity index (χ4v) is 7.95. The Morgan fingerprint density at radius 1 is 0.600 bits per heavy atom. The van der Waals surface area contributed by atoms with Crippen molar-refractivity contribution < 1.29 is 13.2 Å². The molecule has 6 aromatic carbocycles. The molecule has 8 aromatic rings. The molecule has 272 valence electrons. The lowest BCUT2D eigenvalue weighted by molar-refractivity contribution is -0.137. The third-order valence-electron chi connectivity index (χ3n) is 10.8. The van der Waals surface area contributed by atoms with E-state index >= 15 is 13.2 Å². The Kier molecular flexibility index (Phi) is 8.03. The molecule has 0 radical (unpaired) electrons. The Hall–Kier alpha value is -6.31. The third kappa shape index (κ3) is 5.74. The normalized spacial score (nSPS) is 12.5. The van der Waals surface area contributed by atoms with E-state index in [1.807, 2.05) is 64.6 Å². The second-order valence-corrected chi connectivity index (χ2v) is 16.5. The first-order chi connectivity index (χ1) is 26.0. The summed E-state index contributed by atoms with van der Waals surface area (Å²) in [6.07, 6.45) is -4.77. The summed E-state index contributed by atoms with van der Waals surface area (Å²) in [5.41, 5.74) is 6.23. The van der Waals surface area contributed by atoms with E-state index in [0.717, 1.165) is 66.4 Å². The lowest BCUT2D eigenvalue weighted by atomic mass is 9.86. The first-order valence-electron chi connectivity index (χ1n) is 18.3. The lowest BCUT2D eigenvalue weighted by Crippen LogP contribution is -2.11. The number of aromatic nitrogens is 2. The summed E-state index contributed by atoms with van der Waals surface area (Å²) in [6, 6.07) is 36.0. The largest absolute Gasteiger partial charge is 0.415 e. The minimum absolute atomic E-state index is 0.129. The average Bonchev–Trinajstić information content (AvgIpc) is 3.64. The van der Waals surface area contributed by atoms with Gasteiger partial charge in [-0.2, -0.15) is 18.4 Å². The van der Waals surface area contributed by atoms with E-state index in [2.05, 4.69) is 82.8 Å². The predicted molar refractivity (Wildman–Crippen MR) is 219 cm³/mol. The van der Waals surface area contributed by atoms with Gasteiger partial charge in [-0.05, 0) is 89.0 Å². The molecule has 0 amide bonds. The number of halogens is 3. The van der Waals surface area contributed by atoms with Gasteiger partial charge in [-0.15, -0.1) is 0 Å². The Morgan fingerprint density at radius 2 is 1.15 bits per heavy atom. The van der Waals surface area contributed by atoms with E-state index in [1.54, 1.807) is 12.1 Å². The molecule has 0 atom stereocenters. The van der Waals surface area contributed by atoms with Crippen molar-refractivity contribution in [3.8, 4) is 28.6 Å². The molecule has 0 aliphatic rings. The van der Waals surface area contributed by atoms with E-state index < -0.39 is 11.7 Å². The summed E-state index contributed by atoms with van der Waals surface area (Å²) in [5, 5.41) is 14.8. The molecule has 4 nitrogen and oxygen atoms in total. The van der Waals surface area contributed by atoms with Crippen LogP contribution in [0.25, 0.3) is 71.0 Å². The SMILES string of the molecule is [C-]#[N+]c1cccc(C(F)(F)F)c1-c1cc(-n2c3ccccc3c3cc(C(C)(C)C)ccc32)c(C#N)cc1-n1c2ccc(C)cc2c2cc(C(C)(C)C)ccc21. The number of fused-ring (bicyclic) bond motifs is 6. The highest BCUT2D eigenvalue weighted by atomic mass is 19.4. The van der Waals surface area contributed by atoms with Gasteiger partial charge in [0.25, 0.3) is 0 Å². The number of alkyl halides is 3. The Labute approximate surface area is 318 Å². The standard InChI is InChI=1S/C48H39F3N4/c1-28-16-19-40-33(22-28)35-25-31(47(5,6)7)18-21-42(35)55(40)44-23-29(27-52)43(26-36(44)45-37(48(49,50)51)13-11-14-38(45)53-8)54-39-15-10-9-12-32(39)34-24-30(46(2,3)4)17-20-41(34)54/h9-26H,1-7H3. The molecule has 7 heteroatoms. The number of hydrogen-bond acceptors (Lipinski definition) is 1. The summed E-state index contributed by atoms with van der Waals surface area (Å²) in [5.74, 6) is 0. The number of nitriles is 1. The second-order valence-electron chi connectivity index (χ2n) is 16.5. The molecule has 0 spiro atoms. The van der Waals surface area contributed by atoms with Crippen molar-refractivity contribution >= 4 is 49.3 Å². The van der Waals surface area contributed by atoms with E-state index in [1.165, 1.54) is 12.1 Å². The summed E-state index contributed by atoms with van der Waals surface area (Å²) >= 11 is 0. The van der Waals surface area contributed by atoms with E-state index in [0.29, 0.717) is 11.4 Å². The Balaban J connectivity index is 1.57. The minimum atomic E-state index is -4.77. The summed E-state index contributed by atoms with van der Waals surface area (Å²) < 4.78 is 49.3. The number of aryl methyl sites for hydroxylation is 1. The zero-order valence-corrected chi connectivity index (χ0v) is 31.8. The highest BCUT2D eigenvalue weighted by Crippen LogP contribution is 2.48. The van der Waals surface area contributed by atoms with E-state index in [-0.39, 0.29) is 33.2 Å². The second kappa shape index (κ2) is 12.4. The third-order valence-corrected chi connectivity index (χ3v) is 10.8. The first-order valence-corrected chi connectivity index (χ1v) is 18.3. The predicted octanol–water partition coefficient (Wildman–Crippen LogP) is 13.9. The fourth-order valence-electron chi connectivity index (χ4n) is 7.95.